The van der Waals surface area contributed by atoms with E-state index in [1.54, 1.807) is 0 Å². The van der Waals surface area contributed by atoms with Crippen LogP contribution in [0, 0.1) is 0 Å². The fraction of sp³-hybridized carbons (Fsp3) is 0.684. The third-order valence-electron chi connectivity index (χ3n) is 4.74. The lowest BCUT2D eigenvalue weighted by Crippen LogP contribution is -2.37. The zero-order chi connectivity index (χ0) is 14.8. The van der Waals surface area contributed by atoms with E-state index in [2.05, 4.69) is 35.2 Å². The molecule has 1 aromatic rings. The molecule has 1 aliphatic rings. The predicted molar refractivity (Wildman–Crippen MR) is 91.5 cm³/mol. The van der Waals surface area contributed by atoms with E-state index in [-0.39, 0.29) is 0 Å². The van der Waals surface area contributed by atoms with Crippen molar-refractivity contribution in [3.8, 4) is 0 Å². The molecule has 0 aromatic heterocycles. The van der Waals surface area contributed by atoms with Crippen LogP contribution >= 0.6 is 0 Å². The summed E-state index contributed by atoms with van der Waals surface area (Å²) in [5, 5.41) is 0. The molecule has 1 aromatic carbocycles. The van der Waals surface area contributed by atoms with Crippen LogP contribution in [0.3, 0.4) is 0 Å². The molecule has 1 fully saturated rings. The molecule has 2 N–H and O–H groups in total. The minimum atomic E-state index is 0.815. The van der Waals surface area contributed by atoms with Crippen LogP contribution in [0.5, 0.6) is 0 Å². The average molecular weight is 288 g/mol. The standard InChI is InChI=1S/C19H32N2/c20-15-9-17-21(19-13-6-1-2-7-14-19)16-8-12-18-10-4-3-5-11-18/h3-5,10-11,19H,1-2,6-9,12-17,20H2. The Kier molecular flexibility index (Phi) is 7.83. The number of hydrogen-bond donors (Lipinski definition) is 1. The highest BCUT2D eigenvalue weighted by molar-refractivity contribution is 5.14. The van der Waals surface area contributed by atoms with Gasteiger partial charge >= 0.3 is 0 Å². The van der Waals surface area contributed by atoms with E-state index >= 15 is 0 Å². The van der Waals surface area contributed by atoms with E-state index in [4.69, 9.17) is 5.73 Å². The molecule has 0 radical (unpaired) electrons. The maximum absolute atomic E-state index is 5.73. The zero-order valence-electron chi connectivity index (χ0n) is 13.5. The Morgan fingerprint density at radius 2 is 1.57 bits per heavy atom. The van der Waals surface area contributed by atoms with Gasteiger partial charge in [0, 0.05) is 6.04 Å². The molecular weight excluding hydrogens is 256 g/mol. The largest absolute Gasteiger partial charge is 0.330 e. The summed E-state index contributed by atoms with van der Waals surface area (Å²) in [5.74, 6) is 0. The Morgan fingerprint density at radius 3 is 2.24 bits per heavy atom. The Morgan fingerprint density at radius 1 is 0.905 bits per heavy atom. The number of hydrogen-bond acceptors (Lipinski definition) is 2. The van der Waals surface area contributed by atoms with Gasteiger partial charge in [-0.25, -0.2) is 0 Å². The van der Waals surface area contributed by atoms with E-state index < -0.39 is 0 Å². The predicted octanol–water partition coefficient (Wildman–Crippen LogP) is 3.99. The molecule has 0 heterocycles. The van der Waals surface area contributed by atoms with Crippen LogP contribution in [0.2, 0.25) is 0 Å². The van der Waals surface area contributed by atoms with Crippen molar-refractivity contribution in [2.24, 2.45) is 5.73 Å². The lowest BCUT2D eigenvalue weighted by Gasteiger charge is -2.31. The molecule has 118 valence electrons. The summed E-state index contributed by atoms with van der Waals surface area (Å²) < 4.78 is 0. The number of benzene rings is 1. The van der Waals surface area contributed by atoms with Gasteiger partial charge < -0.3 is 10.6 Å². The first-order valence-corrected chi connectivity index (χ1v) is 8.88. The normalized spacial score (nSPS) is 17.0. The second-order valence-electron chi connectivity index (χ2n) is 6.41. The van der Waals surface area contributed by atoms with Crippen molar-refractivity contribution in [1.29, 1.82) is 0 Å². The smallest absolute Gasteiger partial charge is 0.00952 e. The summed E-state index contributed by atoms with van der Waals surface area (Å²) in [4.78, 5) is 2.74. The van der Waals surface area contributed by atoms with Crippen molar-refractivity contribution < 1.29 is 0 Å². The highest BCUT2D eigenvalue weighted by atomic mass is 15.1. The van der Waals surface area contributed by atoms with Crippen molar-refractivity contribution in [3.63, 3.8) is 0 Å². The molecule has 0 unspecified atom stereocenters. The van der Waals surface area contributed by atoms with Gasteiger partial charge in [-0.3, -0.25) is 0 Å². The lowest BCUT2D eigenvalue weighted by molar-refractivity contribution is 0.175. The first-order chi connectivity index (χ1) is 10.4. The highest BCUT2D eigenvalue weighted by Crippen LogP contribution is 2.22. The molecule has 0 spiro atoms. The third kappa shape index (κ3) is 6.19. The van der Waals surface area contributed by atoms with E-state index in [9.17, 15) is 0 Å². The molecule has 1 saturated carbocycles. The Bertz CT molecular complexity index is 355. The molecule has 0 aliphatic heterocycles. The second kappa shape index (κ2) is 9.97. The molecular formula is C19H32N2. The van der Waals surface area contributed by atoms with Crippen LogP contribution in [0.4, 0.5) is 0 Å². The highest BCUT2D eigenvalue weighted by Gasteiger charge is 2.19. The SMILES string of the molecule is NCCCN(CCCc1ccccc1)C1CCCCCC1. The maximum Gasteiger partial charge on any atom is 0.00952 e. The molecule has 2 rings (SSSR count). The van der Waals surface area contributed by atoms with Crippen molar-refractivity contribution in [3.05, 3.63) is 35.9 Å². The average Bonchev–Trinajstić information content (AvgIpc) is 2.81. The van der Waals surface area contributed by atoms with E-state index in [0.29, 0.717) is 0 Å². The Hall–Kier alpha value is -0.860. The number of nitrogens with two attached hydrogens (primary N) is 1. The van der Waals surface area contributed by atoms with Crippen molar-refractivity contribution in [1.82, 2.24) is 4.90 Å². The molecule has 2 nitrogen and oxygen atoms in total. The quantitative estimate of drug-likeness (QED) is 0.733. The summed E-state index contributed by atoms with van der Waals surface area (Å²) in [5.41, 5.74) is 7.20. The van der Waals surface area contributed by atoms with Crippen LogP contribution in [0.15, 0.2) is 30.3 Å². The van der Waals surface area contributed by atoms with Crippen molar-refractivity contribution in [2.75, 3.05) is 19.6 Å². The molecule has 0 atom stereocenters. The van der Waals surface area contributed by atoms with Crippen molar-refractivity contribution in [2.45, 2.75) is 63.8 Å². The molecule has 2 heteroatoms. The summed E-state index contributed by atoms with van der Waals surface area (Å²) in [6, 6.07) is 11.7. The fourth-order valence-electron chi connectivity index (χ4n) is 3.53. The van der Waals surface area contributed by atoms with Gasteiger partial charge in [0.25, 0.3) is 0 Å². The van der Waals surface area contributed by atoms with Crippen LogP contribution in [-0.2, 0) is 6.42 Å². The van der Waals surface area contributed by atoms with E-state index in [1.165, 1.54) is 70.0 Å². The minimum Gasteiger partial charge on any atom is -0.330 e. The van der Waals surface area contributed by atoms with Gasteiger partial charge in [0.1, 0.15) is 0 Å². The number of nitrogens with zero attached hydrogens (tertiary/aromatic N) is 1. The first kappa shape index (κ1) is 16.5. The van der Waals surface area contributed by atoms with E-state index in [1.807, 2.05) is 0 Å². The summed E-state index contributed by atoms with van der Waals surface area (Å²) >= 11 is 0. The third-order valence-corrected chi connectivity index (χ3v) is 4.74. The minimum absolute atomic E-state index is 0.815. The van der Waals surface area contributed by atoms with Gasteiger partial charge in [0.05, 0.1) is 0 Å². The van der Waals surface area contributed by atoms with Crippen LogP contribution in [0.25, 0.3) is 0 Å². The zero-order valence-corrected chi connectivity index (χ0v) is 13.5. The second-order valence-corrected chi connectivity index (χ2v) is 6.41. The molecule has 0 saturated heterocycles. The summed E-state index contributed by atoms with van der Waals surface area (Å²) in [6.07, 6.45) is 12.1. The van der Waals surface area contributed by atoms with Gasteiger partial charge in [0.15, 0.2) is 0 Å². The Labute approximate surface area is 130 Å². The molecule has 21 heavy (non-hydrogen) atoms. The van der Waals surface area contributed by atoms with Crippen LogP contribution < -0.4 is 5.73 Å². The molecule has 1 aliphatic carbocycles. The first-order valence-electron chi connectivity index (χ1n) is 8.88. The van der Waals surface area contributed by atoms with Gasteiger partial charge in [-0.05, 0) is 57.3 Å². The number of aryl methyl sites for hydroxylation is 1. The van der Waals surface area contributed by atoms with Gasteiger partial charge in [-0.2, -0.15) is 0 Å². The molecule has 0 amide bonds. The summed E-state index contributed by atoms with van der Waals surface area (Å²) in [7, 11) is 0. The topological polar surface area (TPSA) is 29.3 Å². The van der Waals surface area contributed by atoms with Gasteiger partial charge in [-0.15, -0.1) is 0 Å². The van der Waals surface area contributed by atoms with Crippen LogP contribution in [-0.4, -0.2) is 30.6 Å². The van der Waals surface area contributed by atoms with E-state index in [0.717, 1.165) is 19.0 Å². The van der Waals surface area contributed by atoms with Gasteiger partial charge in [0.2, 0.25) is 0 Å². The Balaban J connectivity index is 1.80. The fourth-order valence-corrected chi connectivity index (χ4v) is 3.53. The van der Waals surface area contributed by atoms with Crippen LogP contribution in [0.1, 0.15) is 56.9 Å². The van der Waals surface area contributed by atoms with Crippen molar-refractivity contribution >= 4 is 0 Å². The monoisotopic (exact) mass is 288 g/mol. The van der Waals surface area contributed by atoms with Gasteiger partial charge in [-0.1, -0.05) is 56.0 Å². The maximum atomic E-state index is 5.73. The lowest BCUT2D eigenvalue weighted by atomic mass is 10.0. The number of rotatable bonds is 8. The summed E-state index contributed by atoms with van der Waals surface area (Å²) in [6.45, 7) is 3.25. The molecule has 0 bridgehead atoms.